The summed E-state index contributed by atoms with van der Waals surface area (Å²) >= 11 is 3.41. The van der Waals surface area contributed by atoms with Crippen molar-refractivity contribution in [2.75, 3.05) is 11.6 Å². The molecule has 0 saturated heterocycles. The molecule has 0 aromatic heterocycles. The number of hydrogen-bond donors (Lipinski definition) is 0. The smallest absolute Gasteiger partial charge is 0.308 e. The number of anilines is 1. The molecule has 1 amide bonds. The van der Waals surface area contributed by atoms with Gasteiger partial charge >= 0.3 is 5.97 Å². The molecule has 7 heteroatoms. The van der Waals surface area contributed by atoms with Crippen LogP contribution in [0, 0.1) is 0 Å². The van der Waals surface area contributed by atoms with E-state index in [1.54, 1.807) is 25.1 Å². The Bertz CT molecular complexity index is 983. The van der Waals surface area contributed by atoms with Crippen molar-refractivity contribution in [2.45, 2.75) is 20.8 Å². The maximum atomic E-state index is 12.9. The molecule has 1 aliphatic heterocycles. The van der Waals surface area contributed by atoms with Crippen LogP contribution in [0.2, 0.25) is 0 Å². The fourth-order valence-corrected chi connectivity index (χ4v) is 3.31. The zero-order valence-electron chi connectivity index (χ0n) is 15.7. The Labute approximate surface area is 171 Å². The lowest BCUT2D eigenvalue weighted by atomic mass is 10.1. The number of ether oxygens (including phenoxy) is 2. The van der Waals surface area contributed by atoms with Gasteiger partial charge in [-0.2, -0.15) is 10.1 Å². The highest BCUT2D eigenvalue weighted by molar-refractivity contribution is 9.10. The highest BCUT2D eigenvalue weighted by Gasteiger charge is 2.28. The van der Waals surface area contributed by atoms with Gasteiger partial charge in [-0.25, -0.2) is 0 Å². The summed E-state index contributed by atoms with van der Waals surface area (Å²) < 4.78 is 11.4. The molecule has 0 radical (unpaired) electrons. The van der Waals surface area contributed by atoms with Gasteiger partial charge in [-0.05, 0) is 65.7 Å². The predicted molar refractivity (Wildman–Crippen MR) is 112 cm³/mol. The normalized spacial score (nSPS) is 15.0. The summed E-state index contributed by atoms with van der Waals surface area (Å²) in [4.78, 5) is 24.2. The Kier molecular flexibility index (Phi) is 5.94. The molecule has 0 N–H and O–H groups in total. The Morgan fingerprint density at radius 1 is 1.25 bits per heavy atom. The standard InChI is InChI=1S/C21H19BrN2O4/c1-4-27-19-12-15(11-18(22)20(19)28-14(3)25)10-17-13(2)23-24(21(17)26)16-8-6-5-7-9-16/h5-12H,4H2,1-3H3/b17-10-. The van der Waals surface area contributed by atoms with Crippen LogP contribution in [0.1, 0.15) is 26.3 Å². The van der Waals surface area contributed by atoms with Crippen LogP contribution in [-0.4, -0.2) is 24.2 Å². The number of halogens is 1. The fourth-order valence-electron chi connectivity index (χ4n) is 2.77. The van der Waals surface area contributed by atoms with Gasteiger partial charge in [0.15, 0.2) is 11.5 Å². The first-order valence-corrected chi connectivity index (χ1v) is 9.51. The number of benzene rings is 2. The molecule has 144 valence electrons. The van der Waals surface area contributed by atoms with Crippen LogP contribution in [0.15, 0.2) is 57.6 Å². The molecule has 2 aromatic carbocycles. The van der Waals surface area contributed by atoms with Crippen molar-refractivity contribution in [1.29, 1.82) is 0 Å². The Morgan fingerprint density at radius 3 is 2.61 bits per heavy atom. The molecule has 2 aromatic rings. The van der Waals surface area contributed by atoms with Crippen molar-refractivity contribution in [3.63, 3.8) is 0 Å². The second-order valence-corrected chi connectivity index (χ2v) is 6.91. The summed E-state index contributed by atoms with van der Waals surface area (Å²) in [5, 5.41) is 5.76. The van der Waals surface area contributed by atoms with Crippen molar-refractivity contribution < 1.29 is 19.1 Å². The summed E-state index contributed by atoms with van der Waals surface area (Å²) in [5.41, 5.74) is 2.53. The predicted octanol–water partition coefficient (Wildman–Crippen LogP) is 4.58. The molecule has 0 unspecified atom stereocenters. The van der Waals surface area contributed by atoms with Crippen molar-refractivity contribution in [1.82, 2.24) is 0 Å². The van der Waals surface area contributed by atoms with E-state index in [0.717, 1.165) is 5.56 Å². The number of para-hydroxylation sites is 1. The van der Waals surface area contributed by atoms with Gasteiger partial charge in [0.1, 0.15) is 0 Å². The molecule has 0 bridgehead atoms. The molecule has 1 heterocycles. The number of amides is 1. The number of hydrazone groups is 1. The van der Waals surface area contributed by atoms with E-state index in [9.17, 15) is 9.59 Å². The highest BCUT2D eigenvalue weighted by atomic mass is 79.9. The third kappa shape index (κ3) is 4.14. The first-order valence-electron chi connectivity index (χ1n) is 8.72. The van der Waals surface area contributed by atoms with Crippen molar-refractivity contribution in [2.24, 2.45) is 5.10 Å². The molecule has 1 aliphatic rings. The summed E-state index contributed by atoms with van der Waals surface area (Å²) in [6.07, 6.45) is 1.74. The third-order valence-corrected chi connectivity index (χ3v) is 4.54. The van der Waals surface area contributed by atoms with Gasteiger partial charge in [0, 0.05) is 6.92 Å². The van der Waals surface area contributed by atoms with E-state index in [1.165, 1.54) is 11.9 Å². The molecule has 6 nitrogen and oxygen atoms in total. The number of carbonyl (C=O) groups excluding carboxylic acids is 2. The number of rotatable bonds is 5. The minimum absolute atomic E-state index is 0.207. The minimum Gasteiger partial charge on any atom is -0.490 e. The number of carbonyl (C=O) groups is 2. The average molecular weight is 443 g/mol. The van der Waals surface area contributed by atoms with Crippen LogP contribution in [0.3, 0.4) is 0 Å². The van der Waals surface area contributed by atoms with E-state index in [0.29, 0.717) is 39.6 Å². The fraction of sp³-hybridized carbons (Fsp3) is 0.190. The van der Waals surface area contributed by atoms with Crippen LogP contribution in [0.4, 0.5) is 5.69 Å². The average Bonchev–Trinajstić information content (AvgIpc) is 2.93. The van der Waals surface area contributed by atoms with Crippen molar-refractivity contribution in [3.05, 3.63) is 58.1 Å². The Morgan fingerprint density at radius 2 is 1.96 bits per heavy atom. The van der Waals surface area contributed by atoms with Crippen molar-refractivity contribution >= 4 is 45.3 Å². The van der Waals surface area contributed by atoms with Gasteiger partial charge in [-0.3, -0.25) is 9.59 Å². The van der Waals surface area contributed by atoms with Crippen LogP contribution >= 0.6 is 15.9 Å². The maximum Gasteiger partial charge on any atom is 0.308 e. The first-order chi connectivity index (χ1) is 13.4. The lowest BCUT2D eigenvalue weighted by Crippen LogP contribution is -2.21. The van der Waals surface area contributed by atoms with Gasteiger partial charge in [0.2, 0.25) is 0 Å². The van der Waals surface area contributed by atoms with E-state index < -0.39 is 5.97 Å². The SMILES string of the molecule is CCOc1cc(/C=C2\C(=O)N(c3ccccc3)N=C2C)cc(Br)c1OC(C)=O. The second-order valence-electron chi connectivity index (χ2n) is 6.05. The zero-order chi connectivity index (χ0) is 20.3. The summed E-state index contributed by atoms with van der Waals surface area (Å²) in [6, 6.07) is 12.7. The van der Waals surface area contributed by atoms with E-state index in [1.807, 2.05) is 37.3 Å². The molecular formula is C21H19BrN2O4. The van der Waals surface area contributed by atoms with Crippen molar-refractivity contribution in [3.8, 4) is 11.5 Å². The van der Waals surface area contributed by atoms with Gasteiger partial charge in [0.05, 0.1) is 28.1 Å². The topological polar surface area (TPSA) is 68.2 Å². The molecule has 0 saturated carbocycles. The van der Waals surface area contributed by atoms with Crippen LogP contribution in [0.25, 0.3) is 6.08 Å². The number of hydrogen-bond acceptors (Lipinski definition) is 5. The highest BCUT2D eigenvalue weighted by Crippen LogP contribution is 2.38. The Balaban J connectivity index is 1.98. The quantitative estimate of drug-likeness (QED) is 0.386. The molecule has 0 fully saturated rings. The monoisotopic (exact) mass is 442 g/mol. The van der Waals surface area contributed by atoms with E-state index in [4.69, 9.17) is 9.47 Å². The van der Waals surface area contributed by atoms with Crippen LogP contribution in [0.5, 0.6) is 11.5 Å². The summed E-state index contributed by atoms with van der Waals surface area (Å²) in [6.45, 7) is 5.36. The van der Waals surface area contributed by atoms with E-state index in [2.05, 4.69) is 21.0 Å². The molecule has 0 aliphatic carbocycles. The lowest BCUT2D eigenvalue weighted by molar-refractivity contribution is -0.132. The second kappa shape index (κ2) is 8.39. The van der Waals surface area contributed by atoms with Gasteiger partial charge in [-0.15, -0.1) is 0 Å². The molecular weight excluding hydrogens is 424 g/mol. The van der Waals surface area contributed by atoms with Gasteiger partial charge in [-0.1, -0.05) is 18.2 Å². The Hall–Kier alpha value is -2.93. The van der Waals surface area contributed by atoms with Crippen LogP contribution in [-0.2, 0) is 9.59 Å². The molecule has 3 rings (SSSR count). The number of nitrogens with zero attached hydrogens (tertiary/aromatic N) is 2. The van der Waals surface area contributed by atoms with Gasteiger partial charge < -0.3 is 9.47 Å². The van der Waals surface area contributed by atoms with Gasteiger partial charge in [0.25, 0.3) is 5.91 Å². The first kappa shape index (κ1) is 19.8. The largest absolute Gasteiger partial charge is 0.490 e. The lowest BCUT2D eigenvalue weighted by Gasteiger charge is -2.13. The summed E-state index contributed by atoms with van der Waals surface area (Å²) in [7, 11) is 0. The molecule has 0 atom stereocenters. The summed E-state index contributed by atoms with van der Waals surface area (Å²) in [5.74, 6) is 0.0754. The third-order valence-electron chi connectivity index (χ3n) is 3.95. The number of esters is 1. The zero-order valence-corrected chi connectivity index (χ0v) is 17.3. The maximum absolute atomic E-state index is 12.9. The minimum atomic E-state index is -0.444. The van der Waals surface area contributed by atoms with Crippen LogP contribution < -0.4 is 14.5 Å². The van der Waals surface area contributed by atoms with E-state index >= 15 is 0 Å². The van der Waals surface area contributed by atoms with E-state index in [-0.39, 0.29) is 5.91 Å². The molecule has 0 spiro atoms. The molecule has 28 heavy (non-hydrogen) atoms.